The van der Waals surface area contributed by atoms with E-state index in [2.05, 4.69) is 37.9 Å². The van der Waals surface area contributed by atoms with Gasteiger partial charge in [0.25, 0.3) is 0 Å². The van der Waals surface area contributed by atoms with Gasteiger partial charge >= 0.3 is 0 Å². The predicted octanol–water partition coefficient (Wildman–Crippen LogP) is 3.55. The summed E-state index contributed by atoms with van der Waals surface area (Å²) in [5, 5.41) is 3.38. The highest BCUT2D eigenvalue weighted by Gasteiger charge is 2.33. The number of rotatable bonds is 2. The SMILES string of the molecule is Cc1ccc(F)cc1[C@H](N1CCNCC1)C(C)(C)C.Cl. The lowest BCUT2D eigenvalue weighted by molar-refractivity contribution is 0.0855. The Morgan fingerprint density at radius 3 is 2.35 bits per heavy atom. The average molecular weight is 301 g/mol. The first kappa shape index (κ1) is 17.4. The van der Waals surface area contributed by atoms with Crippen molar-refractivity contribution in [2.45, 2.75) is 33.7 Å². The van der Waals surface area contributed by atoms with Crippen molar-refractivity contribution in [2.24, 2.45) is 5.41 Å². The third-order valence-electron chi connectivity index (χ3n) is 3.87. The van der Waals surface area contributed by atoms with E-state index < -0.39 is 0 Å². The van der Waals surface area contributed by atoms with Gasteiger partial charge in [-0.05, 0) is 35.6 Å². The Morgan fingerprint density at radius 1 is 1.20 bits per heavy atom. The van der Waals surface area contributed by atoms with E-state index in [0.717, 1.165) is 31.7 Å². The normalized spacial score (nSPS) is 18.4. The molecule has 1 fully saturated rings. The molecule has 1 saturated heterocycles. The van der Waals surface area contributed by atoms with Gasteiger partial charge in [-0.25, -0.2) is 4.39 Å². The van der Waals surface area contributed by atoms with Crippen LogP contribution in [-0.2, 0) is 0 Å². The number of nitrogens with one attached hydrogen (secondary N) is 1. The van der Waals surface area contributed by atoms with Crippen LogP contribution in [-0.4, -0.2) is 31.1 Å². The van der Waals surface area contributed by atoms with Gasteiger partial charge in [-0.3, -0.25) is 4.90 Å². The van der Waals surface area contributed by atoms with Crippen molar-refractivity contribution in [1.82, 2.24) is 10.2 Å². The molecule has 0 aromatic heterocycles. The molecule has 0 bridgehead atoms. The van der Waals surface area contributed by atoms with Crippen molar-refractivity contribution >= 4 is 12.4 Å². The summed E-state index contributed by atoms with van der Waals surface area (Å²) in [5.74, 6) is -0.134. The first-order valence-corrected chi connectivity index (χ1v) is 7.10. The molecule has 0 amide bonds. The van der Waals surface area contributed by atoms with E-state index in [1.165, 1.54) is 5.56 Å². The van der Waals surface area contributed by atoms with E-state index in [1.807, 2.05) is 6.07 Å². The Hall–Kier alpha value is -0.640. The Balaban J connectivity index is 0.00000200. The molecular weight excluding hydrogens is 275 g/mol. The lowest BCUT2D eigenvalue weighted by Crippen LogP contribution is -2.48. The molecular formula is C16H26ClFN2. The minimum Gasteiger partial charge on any atom is -0.314 e. The van der Waals surface area contributed by atoms with Gasteiger partial charge in [-0.15, -0.1) is 12.4 Å². The summed E-state index contributed by atoms with van der Waals surface area (Å²) < 4.78 is 13.6. The maximum atomic E-state index is 13.6. The topological polar surface area (TPSA) is 15.3 Å². The van der Waals surface area contributed by atoms with Crippen molar-refractivity contribution in [3.05, 3.63) is 35.1 Å². The van der Waals surface area contributed by atoms with Gasteiger partial charge in [0.15, 0.2) is 0 Å². The molecule has 2 nitrogen and oxygen atoms in total. The highest BCUT2D eigenvalue weighted by molar-refractivity contribution is 5.85. The standard InChI is InChI=1S/C16H25FN2.ClH/c1-12-5-6-13(17)11-14(12)15(16(2,3)4)19-9-7-18-8-10-19;/h5-6,11,15,18H,7-10H2,1-4H3;1H/t15-;/m0./s1. The lowest BCUT2D eigenvalue weighted by atomic mass is 9.79. The molecule has 114 valence electrons. The summed E-state index contributed by atoms with van der Waals surface area (Å²) >= 11 is 0. The first-order valence-electron chi connectivity index (χ1n) is 7.10. The van der Waals surface area contributed by atoms with Crippen molar-refractivity contribution < 1.29 is 4.39 Å². The van der Waals surface area contributed by atoms with Crippen molar-refractivity contribution in [3.63, 3.8) is 0 Å². The molecule has 1 aliphatic rings. The van der Waals surface area contributed by atoms with Crippen LogP contribution < -0.4 is 5.32 Å². The predicted molar refractivity (Wildman–Crippen MR) is 85.0 cm³/mol. The number of benzene rings is 1. The minimum atomic E-state index is -0.134. The van der Waals surface area contributed by atoms with Crippen LogP contribution >= 0.6 is 12.4 Å². The summed E-state index contributed by atoms with van der Waals surface area (Å²) in [6.07, 6.45) is 0. The smallest absolute Gasteiger partial charge is 0.123 e. The van der Waals surface area contributed by atoms with E-state index >= 15 is 0 Å². The van der Waals surface area contributed by atoms with E-state index in [4.69, 9.17) is 0 Å². The van der Waals surface area contributed by atoms with Gasteiger partial charge in [0.05, 0.1) is 0 Å². The molecule has 20 heavy (non-hydrogen) atoms. The minimum absolute atomic E-state index is 0. The Kier molecular flexibility index (Phi) is 5.99. The number of aryl methyl sites for hydroxylation is 1. The van der Waals surface area contributed by atoms with Crippen molar-refractivity contribution in [3.8, 4) is 0 Å². The van der Waals surface area contributed by atoms with Crippen LogP contribution in [0.1, 0.15) is 37.9 Å². The summed E-state index contributed by atoms with van der Waals surface area (Å²) in [6.45, 7) is 12.9. The summed E-state index contributed by atoms with van der Waals surface area (Å²) in [5.41, 5.74) is 2.41. The molecule has 1 aromatic carbocycles. The fourth-order valence-corrected chi connectivity index (χ4v) is 3.06. The molecule has 0 aliphatic carbocycles. The third kappa shape index (κ3) is 3.94. The summed E-state index contributed by atoms with van der Waals surface area (Å²) in [4.78, 5) is 2.48. The van der Waals surface area contributed by atoms with Crippen LogP contribution in [0.25, 0.3) is 0 Å². The molecule has 1 aromatic rings. The Morgan fingerprint density at radius 2 is 1.80 bits per heavy atom. The molecule has 1 aliphatic heterocycles. The molecule has 2 rings (SSSR count). The Labute approximate surface area is 128 Å². The second-order valence-corrected chi connectivity index (χ2v) is 6.56. The first-order chi connectivity index (χ1) is 8.89. The number of piperazine rings is 1. The fraction of sp³-hybridized carbons (Fsp3) is 0.625. The zero-order chi connectivity index (χ0) is 14.0. The lowest BCUT2D eigenvalue weighted by Gasteiger charge is -2.43. The van der Waals surface area contributed by atoms with Gasteiger partial charge in [0, 0.05) is 32.2 Å². The molecule has 0 radical (unpaired) electrons. The van der Waals surface area contributed by atoms with Crippen molar-refractivity contribution in [1.29, 1.82) is 0 Å². The van der Waals surface area contributed by atoms with Crippen LogP contribution in [0.15, 0.2) is 18.2 Å². The van der Waals surface area contributed by atoms with Gasteiger partial charge in [-0.1, -0.05) is 26.8 Å². The van der Waals surface area contributed by atoms with Gasteiger partial charge in [0.2, 0.25) is 0 Å². The van der Waals surface area contributed by atoms with E-state index in [1.54, 1.807) is 12.1 Å². The molecule has 0 saturated carbocycles. The quantitative estimate of drug-likeness (QED) is 0.898. The summed E-state index contributed by atoms with van der Waals surface area (Å²) in [7, 11) is 0. The average Bonchev–Trinajstić information content (AvgIpc) is 2.33. The maximum absolute atomic E-state index is 13.6. The van der Waals surface area contributed by atoms with Gasteiger partial charge in [0.1, 0.15) is 5.82 Å². The van der Waals surface area contributed by atoms with Crippen LogP contribution in [0.4, 0.5) is 4.39 Å². The van der Waals surface area contributed by atoms with E-state index in [-0.39, 0.29) is 29.7 Å². The summed E-state index contributed by atoms with van der Waals surface area (Å²) in [6, 6.07) is 5.43. The zero-order valence-corrected chi connectivity index (χ0v) is 13.7. The van der Waals surface area contributed by atoms with E-state index in [9.17, 15) is 4.39 Å². The highest BCUT2D eigenvalue weighted by Crippen LogP contribution is 2.39. The molecule has 1 heterocycles. The van der Waals surface area contributed by atoms with Gasteiger partial charge < -0.3 is 5.32 Å². The van der Waals surface area contributed by atoms with Crippen LogP contribution in [0, 0.1) is 18.2 Å². The van der Waals surface area contributed by atoms with Crippen molar-refractivity contribution in [2.75, 3.05) is 26.2 Å². The molecule has 4 heteroatoms. The Bertz CT molecular complexity index is 437. The van der Waals surface area contributed by atoms with Crippen LogP contribution in [0.2, 0.25) is 0 Å². The molecule has 0 spiro atoms. The second kappa shape index (κ2) is 6.88. The van der Waals surface area contributed by atoms with Crippen LogP contribution in [0.5, 0.6) is 0 Å². The van der Waals surface area contributed by atoms with Gasteiger partial charge in [-0.2, -0.15) is 0 Å². The number of nitrogens with zero attached hydrogens (tertiary/aromatic N) is 1. The zero-order valence-electron chi connectivity index (χ0n) is 12.9. The number of hydrogen-bond acceptors (Lipinski definition) is 2. The fourth-order valence-electron chi connectivity index (χ4n) is 3.06. The van der Waals surface area contributed by atoms with E-state index in [0.29, 0.717) is 0 Å². The molecule has 1 N–H and O–H groups in total. The molecule has 1 atom stereocenters. The van der Waals surface area contributed by atoms with Crippen LogP contribution in [0.3, 0.4) is 0 Å². The number of hydrogen-bond donors (Lipinski definition) is 1. The monoisotopic (exact) mass is 300 g/mol. The number of halogens is 2. The largest absolute Gasteiger partial charge is 0.314 e. The molecule has 0 unspecified atom stereocenters. The maximum Gasteiger partial charge on any atom is 0.123 e. The second-order valence-electron chi connectivity index (χ2n) is 6.56. The third-order valence-corrected chi connectivity index (χ3v) is 3.87. The highest BCUT2D eigenvalue weighted by atomic mass is 35.5.